The van der Waals surface area contributed by atoms with Crippen molar-refractivity contribution in [2.24, 2.45) is 0 Å². The summed E-state index contributed by atoms with van der Waals surface area (Å²) in [5.41, 5.74) is 4.09. The minimum Gasteiger partial charge on any atom is -0.495 e. The molecule has 3 aromatic rings. The third-order valence-corrected chi connectivity index (χ3v) is 4.64. The van der Waals surface area contributed by atoms with Crippen LogP contribution < -0.4 is 9.47 Å². The first kappa shape index (κ1) is 17.3. The number of aryl methyl sites for hydroxylation is 2. The Kier molecular flexibility index (Phi) is 5.25. The van der Waals surface area contributed by atoms with Gasteiger partial charge in [-0.25, -0.2) is 4.98 Å². The number of hydrogen-bond donors (Lipinski definition) is 0. The number of thiazole rings is 1. The first-order valence-corrected chi connectivity index (χ1v) is 9.13. The number of hydrogen-bond acceptors (Lipinski definition) is 4. The summed E-state index contributed by atoms with van der Waals surface area (Å²) in [4.78, 5) is 4.68. The Bertz CT molecular complexity index is 963. The van der Waals surface area contributed by atoms with Gasteiger partial charge < -0.3 is 9.47 Å². The quantitative estimate of drug-likeness (QED) is 0.612. The molecule has 128 valence electrons. The summed E-state index contributed by atoms with van der Waals surface area (Å²) in [7, 11) is 1.66. The van der Waals surface area contributed by atoms with E-state index in [4.69, 9.17) is 9.47 Å². The van der Waals surface area contributed by atoms with Crippen molar-refractivity contribution >= 4 is 21.6 Å². The maximum Gasteiger partial charge on any atom is 0.168 e. The summed E-state index contributed by atoms with van der Waals surface area (Å²) >= 11 is 1.59. The minimum absolute atomic E-state index is 0.692. The lowest BCUT2D eigenvalue weighted by molar-refractivity contribution is 0.320. The van der Waals surface area contributed by atoms with E-state index in [1.807, 2.05) is 31.2 Å². The van der Waals surface area contributed by atoms with Gasteiger partial charge in [0.2, 0.25) is 0 Å². The number of aromatic nitrogens is 1. The normalized spacial score (nSPS) is 10.4. The molecule has 25 heavy (non-hydrogen) atoms. The van der Waals surface area contributed by atoms with Gasteiger partial charge in [-0.1, -0.05) is 18.9 Å². The lowest BCUT2D eigenvalue weighted by Crippen LogP contribution is -1.96. The van der Waals surface area contributed by atoms with Gasteiger partial charge in [-0.2, -0.15) is 0 Å². The number of ether oxygens (including phenoxy) is 2. The second kappa shape index (κ2) is 7.58. The minimum atomic E-state index is 0.692. The van der Waals surface area contributed by atoms with E-state index in [2.05, 4.69) is 36.7 Å². The topological polar surface area (TPSA) is 31.4 Å². The van der Waals surface area contributed by atoms with Crippen molar-refractivity contribution in [2.75, 3.05) is 13.7 Å². The summed E-state index contributed by atoms with van der Waals surface area (Å²) in [6.45, 7) is 6.90. The van der Waals surface area contributed by atoms with Crippen molar-refractivity contribution in [1.82, 2.24) is 4.98 Å². The molecular formula is C21H21NO2S. The SMILES string of the molecule is CCCOc1cc(C)cc2sc(C#Cc3cc(C)ccc3OC)nc12. The van der Waals surface area contributed by atoms with Crippen LogP contribution in [0.25, 0.3) is 10.2 Å². The maximum atomic E-state index is 5.85. The van der Waals surface area contributed by atoms with E-state index in [1.54, 1.807) is 18.4 Å². The molecular weight excluding hydrogens is 330 g/mol. The molecule has 0 aliphatic rings. The smallest absolute Gasteiger partial charge is 0.168 e. The first-order valence-electron chi connectivity index (χ1n) is 8.31. The van der Waals surface area contributed by atoms with Crippen LogP contribution in [0.5, 0.6) is 11.5 Å². The molecule has 0 N–H and O–H groups in total. The van der Waals surface area contributed by atoms with Crippen LogP contribution >= 0.6 is 11.3 Å². The van der Waals surface area contributed by atoms with E-state index in [0.29, 0.717) is 6.61 Å². The summed E-state index contributed by atoms with van der Waals surface area (Å²) in [5.74, 6) is 7.99. The molecule has 0 spiro atoms. The number of nitrogens with zero attached hydrogens (tertiary/aromatic N) is 1. The zero-order valence-electron chi connectivity index (χ0n) is 15.0. The molecule has 1 heterocycles. The molecule has 3 rings (SSSR count). The molecule has 0 saturated heterocycles. The fourth-order valence-electron chi connectivity index (χ4n) is 2.55. The van der Waals surface area contributed by atoms with Gasteiger partial charge in [0.1, 0.15) is 17.0 Å². The van der Waals surface area contributed by atoms with E-state index in [1.165, 1.54) is 5.56 Å². The van der Waals surface area contributed by atoms with E-state index in [-0.39, 0.29) is 0 Å². The number of methoxy groups -OCH3 is 1. The zero-order chi connectivity index (χ0) is 17.8. The van der Waals surface area contributed by atoms with Crippen LogP contribution in [0.4, 0.5) is 0 Å². The van der Waals surface area contributed by atoms with E-state index in [0.717, 1.165) is 44.3 Å². The van der Waals surface area contributed by atoms with Crippen molar-refractivity contribution in [3.8, 4) is 23.3 Å². The molecule has 0 unspecified atom stereocenters. The molecule has 0 aliphatic heterocycles. The summed E-state index contributed by atoms with van der Waals surface area (Å²) in [5, 5.41) is 0.783. The van der Waals surface area contributed by atoms with Crippen LogP contribution in [0.3, 0.4) is 0 Å². The standard InChI is InChI=1S/C21H21NO2S/c1-5-10-24-18-12-15(3)13-19-21(18)22-20(25-19)9-7-16-11-14(2)6-8-17(16)23-4/h6,8,11-13H,5,10H2,1-4H3. The summed E-state index contributed by atoms with van der Waals surface area (Å²) in [6.07, 6.45) is 0.972. The highest BCUT2D eigenvalue weighted by Crippen LogP contribution is 2.31. The number of benzene rings is 2. The Balaban J connectivity index is 2.00. The highest BCUT2D eigenvalue weighted by atomic mass is 32.1. The molecule has 3 nitrogen and oxygen atoms in total. The van der Waals surface area contributed by atoms with Crippen LogP contribution in [-0.4, -0.2) is 18.7 Å². The van der Waals surface area contributed by atoms with Crippen LogP contribution in [0.15, 0.2) is 30.3 Å². The molecule has 2 aromatic carbocycles. The third kappa shape index (κ3) is 3.94. The molecule has 4 heteroatoms. The number of fused-ring (bicyclic) bond motifs is 1. The Morgan fingerprint density at radius 1 is 1.04 bits per heavy atom. The highest BCUT2D eigenvalue weighted by molar-refractivity contribution is 7.19. The van der Waals surface area contributed by atoms with Gasteiger partial charge in [0.25, 0.3) is 0 Å². The van der Waals surface area contributed by atoms with Gasteiger partial charge in [0.15, 0.2) is 5.01 Å². The van der Waals surface area contributed by atoms with E-state index < -0.39 is 0 Å². The second-order valence-electron chi connectivity index (χ2n) is 5.93. The van der Waals surface area contributed by atoms with Crippen molar-refractivity contribution < 1.29 is 9.47 Å². The van der Waals surface area contributed by atoms with Crippen LogP contribution in [-0.2, 0) is 0 Å². The molecule has 0 atom stereocenters. The predicted molar refractivity (Wildman–Crippen MR) is 104 cm³/mol. The van der Waals surface area contributed by atoms with Gasteiger partial charge in [-0.15, -0.1) is 11.3 Å². The Labute approximate surface area is 152 Å². The maximum absolute atomic E-state index is 5.85. The lowest BCUT2D eigenvalue weighted by atomic mass is 10.1. The van der Waals surface area contributed by atoms with Gasteiger partial charge in [0.05, 0.1) is 24.0 Å². The van der Waals surface area contributed by atoms with Crippen LogP contribution in [0, 0.1) is 25.7 Å². The Hall–Kier alpha value is -2.51. The Morgan fingerprint density at radius 2 is 1.88 bits per heavy atom. The molecule has 0 radical (unpaired) electrons. The fraction of sp³-hybridized carbons (Fsp3) is 0.286. The molecule has 0 amide bonds. The van der Waals surface area contributed by atoms with Crippen LogP contribution in [0.2, 0.25) is 0 Å². The molecule has 0 bridgehead atoms. The predicted octanol–water partition coefficient (Wildman–Crippen LogP) is 5.11. The van der Waals surface area contributed by atoms with Crippen molar-refractivity contribution in [3.63, 3.8) is 0 Å². The third-order valence-electron chi connectivity index (χ3n) is 3.73. The molecule has 0 fully saturated rings. The molecule has 0 saturated carbocycles. The van der Waals surface area contributed by atoms with E-state index >= 15 is 0 Å². The zero-order valence-corrected chi connectivity index (χ0v) is 15.8. The molecule has 1 aromatic heterocycles. The van der Waals surface area contributed by atoms with Crippen molar-refractivity contribution in [1.29, 1.82) is 0 Å². The summed E-state index contributed by atoms with van der Waals surface area (Å²) in [6, 6.07) is 10.2. The average Bonchev–Trinajstić information content (AvgIpc) is 3.00. The lowest BCUT2D eigenvalue weighted by Gasteiger charge is -2.05. The Morgan fingerprint density at radius 3 is 2.64 bits per heavy atom. The largest absolute Gasteiger partial charge is 0.495 e. The summed E-state index contributed by atoms with van der Waals surface area (Å²) < 4.78 is 12.3. The second-order valence-corrected chi connectivity index (χ2v) is 6.96. The van der Waals surface area contributed by atoms with Crippen molar-refractivity contribution in [3.05, 3.63) is 52.0 Å². The van der Waals surface area contributed by atoms with Gasteiger partial charge >= 0.3 is 0 Å². The van der Waals surface area contributed by atoms with E-state index in [9.17, 15) is 0 Å². The fourth-order valence-corrected chi connectivity index (χ4v) is 3.48. The first-order chi connectivity index (χ1) is 12.1. The average molecular weight is 351 g/mol. The van der Waals surface area contributed by atoms with Crippen LogP contribution in [0.1, 0.15) is 35.0 Å². The van der Waals surface area contributed by atoms with Gasteiger partial charge in [0, 0.05) is 0 Å². The monoisotopic (exact) mass is 351 g/mol. The van der Waals surface area contributed by atoms with Gasteiger partial charge in [-0.05, 0) is 61.6 Å². The molecule has 0 aliphatic carbocycles. The number of rotatable bonds is 4. The highest BCUT2D eigenvalue weighted by Gasteiger charge is 2.09. The van der Waals surface area contributed by atoms with Crippen molar-refractivity contribution in [2.45, 2.75) is 27.2 Å². The van der Waals surface area contributed by atoms with Gasteiger partial charge in [-0.3, -0.25) is 0 Å².